The predicted octanol–water partition coefficient (Wildman–Crippen LogP) is 4.32. The maximum Gasteiger partial charge on any atom is 0.132 e. The van der Waals surface area contributed by atoms with E-state index in [1.807, 2.05) is 50.2 Å². The van der Waals surface area contributed by atoms with Gasteiger partial charge in [-0.25, -0.2) is 0 Å². The minimum atomic E-state index is 0.477. The zero-order valence-electron chi connectivity index (χ0n) is 10.5. The molecule has 0 atom stereocenters. The van der Waals surface area contributed by atoms with Gasteiger partial charge in [0.25, 0.3) is 0 Å². The van der Waals surface area contributed by atoms with Crippen molar-refractivity contribution in [2.24, 2.45) is 5.73 Å². The van der Waals surface area contributed by atoms with E-state index < -0.39 is 0 Å². The smallest absolute Gasteiger partial charge is 0.132 e. The highest BCUT2D eigenvalue weighted by molar-refractivity contribution is 9.10. The van der Waals surface area contributed by atoms with E-state index in [0.717, 1.165) is 32.7 Å². The summed E-state index contributed by atoms with van der Waals surface area (Å²) in [6, 6.07) is 12.0. The summed E-state index contributed by atoms with van der Waals surface area (Å²) in [5.74, 6) is 1.66. The van der Waals surface area contributed by atoms with Crippen LogP contribution >= 0.6 is 15.9 Å². The topological polar surface area (TPSA) is 35.2 Å². The van der Waals surface area contributed by atoms with E-state index in [2.05, 4.69) is 15.9 Å². The number of hydrogen-bond donors (Lipinski definition) is 1. The van der Waals surface area contributed by atoms with Crippen molar-refractivity contribution in [1.82, 2.24) is 0 Å². The van der Waals surface area contributed by atoms with Crippen LogP contribution in [-0.2, 0) is 6.54 Å². The molecule has 2 nitrogen and oxygen atoms in total. The van der Waals surface area contributed by atoms with Crippen LogP contribution in [0.4, 0.5) is 0 Å². The van der Waals surface area contributed by atoms with Crippen LogP contribution in [0.5, 0.6) is 11.5 Å². The Bertz CT molecular complexity index is 566. The lowest BCUT2D eigenvalue weighted by Gasteiger charge is -2.11. The Morgan fingerprint density at radius 3 is 2.56 bits per heavy atom. The Balaban J connectivity index is 2.33. The van der Waals surface area contributed by atoms with E-state index in [-0.39, 0.29) is 0 Å². The summed E-state index contributed by atoms with van der Waals surface area (Å²) in [4.78, 5) is 0. The zero-order chi connectivity index (χ0) is 13.1. The maximum atomic E-state index is 5.92. The second-order valence-corrected chi connectivity index (χ2v) is 5.18. The Labute approximate surface area is 116 Å². The fourth-order valence-corrected chi connectivity index (χ4v) is 1.98. The van der Waals surface area contributed by atoms with Gasteiger partial charge in [-0.2, -0.15) is 0 Å². The monoisotopic (exact) mass is 305 g/mol. The van der Waals surface area contributed by atoms with Crippen molar-refractivity contribution in [3.63, 3.8) is 0 Å². The molecule has 0 bridgehead atoms. The van der Waals surface area contributed by atoms with E-state index >= 15 is 0 Å². The van der Waals surface area contributed by atoms with Crippen LogP contribution in [0.15, 0.2) is 40.9 Å². The first-order valence-electron chi connectivity index (χ1n) is 5.84. The number of halogens is 1. The Kier molecular flexibility index (Phi) is 4.04. The van der Waals surface area contributed by atoms with Gasteiger partial charge in [0.15, 0.2) is 0 Å². The van der Waals surface area contributed by atoms with Gasteiger partial charge in [-0.05, 0) is 49.2 Å². The van der Waals surface area contributed by atoms with Crippen molar-refractivity contribution >= 4 is 15.9 Å². The molecule has 94 valence electrons. The minimum Gasteiger partial charge on any atom is -0.457 e. The predicted molar refractivity (Wildman–Crippen MR) is 78.0 cm³/mol. The van der Waals surface area contributed by atoms with E-state index in [0.29, 0.717) is 6.54 Å². The molecule has 2 aromatic rings. The van der Waals surface area contributed by atoms with Gasteiger partial charge in [0.2, 0.25) is 0 Å². The average Bonchev–Trinajstić information content (AvgIpc) is 2.34. The molecular weight excluding hydrogens is 290 g/mol. The maximum absolute atomic E-state index is 5.92. The van der Waals surface area contributed by atoms with Crippen LogP contribution in [0.3, 0.4) is 0 Å². The molecule has 2 rings (SSSR count). The number of aryl methyl sites for hydroxylation is 2. The van der Waals surface area contributed by atoms with Crippen LogP contribution in [0.25, 0.3) is 0 Å². The fraction of sp³-hybridized carbons (Fsp3) is 0.200. The molecule has 0 amide bonds. The minimum absolute atomic E-state index is 0.477. The molecule has 18 heavy (non-hydrogen) atoms. The normalized spacial score (nSPS) is 10.4. The molecule has 0 unspecified atom stereocenters. The van der Waals surface area contributed by atoms with Crippen LogP contribution < -0.4 is 10.5 Å². The molecule has 0 saturated heterocycles. The van der Waals surface area contributed by atoms with Gasteiger partial charge in [0, 0.05) is 16.6 Å². The third-order valence-electron chi connectivity index (χ3n) is 2.80. The Morgan fingerprint density at radius 2 is 1.89 bits per heavy atom. The molecule has 0 radical (unpaired) electrons. The van der Waals surface area contributed by atoms with Crippen molar-refractivity contribution in [3.8, 4) is 11.5 Å². The first-order chi connectivity index (χ1) is 8.60. The molecule has 0 aliphatic heterocycles. The van der Waals surface area contributed by atoms with Crippen LogP contribution in [0.1, 0.15) is 16.7 Å². The standard InChI is InChI=1S/C15H16BrNO/c1-10-3-4-12(9-17)15(7-10)18-13-5-6-14(16)11(2)8-13/h3-8H,9,17H2,1-2H3. The summed E-state index contributed by atoms with van der Waals surface area (Å²) in [5, 5.41) is 0. The van der Waals surface area contributed by atoms with Crippen LogP contribution in [0.2, 0.25) is 0 Å². The summed E-state index contributed by atoms with van der Waals surface area (Å²) in [5.41, 5.74) is 9.05. The van der Waals surface area contributed by atoms with E-state index in [9.17, 15) is 0 Å². The quantitative estimate of drug-likeness (QED) is 0.916. The van der Waals surface area contributed by atoms with Crippen molar-refractivity contribution in [3.05, 3.63) is 57.6 Å². The number of benzene rings is 2. The van der Waals surface area contributed by atoms with Gasteiger partial charge < -0.3 is 10.5 Å². The highest BCUT2D eigenvalue weighted by atomic mass is 79.9. The van der Waals surface area contributed by atoms with Gasteiger partial charge in [-0.3, -0.25) is 0 Å². The molecule has 3 heteroatoms. The second kappa shape index (κ2) is 5.55. The molecule has 2 aromatic carbocycles. The molecule has 2 N–H and O–H groups in total. The lowest BCUT2D eigenvalue weighted by Crippen LogP contribution is -1.99. The zero-order valence-corrected chi connectivity index (χ0v) is 12.1. The third-order valence-corrected chi connectivity index (χ3v) is 3.69. The van der Waals surface area contributed by atoms with Gasteiger partial charge in [-0.15, -0.1) is 0 Å². The molecule has 0 aliphatic carbocycles. The summed E-state index contributed by atoms with van der Waals surface area (Å²) < 4.78 is 7.00. The highest BCUT2D eigenvalue weighted by Gasteiger charge is 2.05. The number of hydrogen-bond acceptors (Lipinski definition) is 2. The third kappa shape index (κ3) is 2.92. The molecule has 0 saturated carbocycles. The van der Waals surface area contributed by atoms with Crippen molar-refractivity contribution in [2.75, 3.05) is 0 Å². The summed E-state index contributed by atoms with van der Waals surface area (Å²) in [7, 11) is 0. The van der Waals surface area contributed by atoms with Crippen LogP contribution in [-0.4, -0.2) is 0 Å². The molecule has 0 fully saturated rings. The second-order valence-electron chi connectivity index (χ2n) is 4.33. The lowest BCUT2D eigenvalue weighted by atomic mass is 10.1. The highest BCUT2D eigenvalue weighted by Crippen LogP contribution is 2.29. The number of nitrogens with two attached hydrogens (primary N) is 1. The van der Waals surface area contributed by atoms with Crippen molar-refractivity contribution in [1.29, 1.82) is 0 Å². The SMILES string of the molecule is Cc1ccc(CN)c(Oc2ccc(Br)c(C)c2)c1. The number of ether oxygens (including phenoxy) is 1. The van der Waals surface area contributed by atoms with E-state index in [4.69, 9.17) is 10.5 Å². The van der Waals surface area contributed by atoms with E-state index in [1.54, 1.807) is 0 Å². The molecule has 0 spiro atoms. The van der Waals surface area contributed by atoms with Gasteiger partial charge in [0.1, 0.15) is 11.5 Å². The summed E-state index contributed by atoms with van der Waals surface area (Å²) >= 11 is 3.48. The fourth-order valence-electron chi connectivity index (χ4n) is 1.73. The number of rotatable bonds is 3. The van der Waals surface area contributed by atoms with Gasteiger partial charge >= 0.3 is 0 Å². The molecular formula is C15H16BrNO. The summed E-state index contributed by atoms with van der Waals surface area (Å²) in [6.45, 7) is 4.56. The first-order valence-corrected chi connectivity index (χ1v) is 6.63. The molecule has 0 aliphatic rings. The molecule has 0 aromatic heterocycles. The van der Waals surface area contributed by atoms with Gasteiger partial charge in [-0.1, -0.05) is 28.1 Å². The van der Waals surface area contributed by atoms with Crippen molar-refractivity contribution < 1.29 is 4.74 Å². The largest absolute Gasteiger partial charge is 0.457 e. The Morgan fingerprint density at radius 1 is 1.11 bits per heavy atom. The average molecular weight is 306 g/mol. The molecule has 0 heterocycles. The summed E-state index contributed by atoms with van der Waals surface area (Å²) in [6.07, 6.45) is 0. The van der Waals surface area contributed by atoms with Gasteiger partial charge in [0.05, 0.1) is 0 Å². The lowest BCUT2D eigenvalue weighted by molar-refractivity contribution is 0.475. The van der Waals surface area contributed by atoms with Crippen LogP contribution in [0, 0.1) is 13.8 Å². The van der Waals surface area contributed by atoms with E-state index in [1.165, 1.54) is 0 Å². The first kappa shape index (κ1) is 13.1. The Hall–Kier alpha value is -1.32. The van der Waals surface area contributed by atoms with Crippen molar-refractivity contribution in [2.45, 2.75) is 20.4 Å².